The molecule has 0 aliphatic carbocycles. The summed E-state index contributed by atoms with van der Waals surface area (Å²) < 4.78 is 16.6. The van der Waals surface area contributed by atoms with Crippen LogP contribution in [0.15, 0.2) is 109 Å². The molecule has 1 atom stereocenters. The Morgan fingerprint density at radius 2 is 0.793 bits per heavy atom. The average molecular weight is 803 g/mol. The van der Waals surface area contributed by atoms with Crippen molar-refractivity contribution < 1.29 is 28.6 Å². The third-order valence-electron chi connectivity index (χ3n) is 9.05. The van der Waals surface area contributed by atoms with Gasteiger partial charge in [-0.25, -0.2) is 0 Å². The fourth-order valence-electron chi connectivity index (χ4n) is 5.66. The molecule has 58 heavy (non-hydrogen) atoms. The monoisotopic (exact) mass is 803 g/mol. The fraction of sp³-hybridized carbons (Fsp3) is 0.596. The van der Waals surface area contributed by atoms with E-state index >= 15 is 0 Å². The molecule has 1 unspecified atom stereocenters. The first-order valence-electron chi connectivity index (χ1n) is 22.9. The molecular formula is C52H82O6. The number of allylic oxidation sites excluding steroid dienone is 17. The van der Waals surface area contributed by atoms with Crippen LogP contribution in [0.4, 0.5) is 0 Å². The highest BCUT2D eigenvalue weighted by Crippen LogP contribution is 2.12. The number of carbonyl (C=O) groups is 3. The van der Waals surface area contributed by atoms with E-state index < -0.39 is 12.1 Å². The van der Waals surface area contributed by atoms with Crippen molar-refractivity contribution in [1.29, 1.82) is 0 Å². The molecule has 0 fully saturated rings. The summed E-state index contributed by atoms with van der Waals surface area (Å²) in [6, 6.07) is 0. The van der Waals surface area contributed by atoms with Gasteiger partial charge in [0.2, 0.25) is 0 Å². The first-order chi connectivity index (χ1) is 28.5. The minimum Gasteiger partial charge on any atom is -0.462 e. The van der Waals surface area contributed by atoms with E-state index in [9.17, 15) is 14.4 Å². The Morgan fingerprint density at radius 3 is 1.33 bits per heavy atom. The van der Waals surface area contributed by atoms with Crippen molar-refractivity contribution in [1.82, 2.24) is 0 Å². The minimum absolute atomic E-state index is 0.122. The van der Waals surface area contributed by atoms with Gasteiger partial charge in [0.15, 0.2) is 6.10 Å². The van der Waals surface area contributed by atoms with Crippen LogP contribution in [-0.4, -0.2) is 37.2 Å². The van der Waals surface area contributed by atoms with E-state index in [1.165, 1.54) is 32.1 Å². The Balaban J connectivity index is 4.52. The number of ether oxygens (including phenoxy) is 3. The van der Waals surface area contributed by atoms with Crippen LogP contribution in [0.3, 0.4) is 0 Å². The van der Waals surface area contributed by atoms with Gasteiger partial charge in [-0.05, 0) is 96.3 Å². The van der Waals surface area contributed by atoms with Gasteiger partial charge in [-0.1, -0.05) is 175 Å². The Hall–Kier alpha value is -3.93. The second-order valence-electron chi connectivity index (χ2n) is 14.6. The van der Waals surface area contributed by atoms with Gasteiger partial charge in [0.05, 0.1) is 6.42 Å². The third kappa shape index (κ3) is 43.2. The minimum atomic E-state index is -0.833. The van der Waals surface area contributed by atoms with Gasteiger partial charge in [0.25, 0.3) is 0 Å². The maximum absolute atomic E-state index is 12.7. The van der Waals surface area contributed by atoms with Gasteiger partial charge >= 0.3 is 17.9 Å². The summed E-state index contributed by atoms with van der Waals surface area (Å²) in [6.45, 7) is 6.21. The van der Waals surface area contributed by atoms with E-state index in [1.54, 1.807) is 6.08 Å². The van der Waals surface area contributed by atoms with E-state index in [4.69, 9.17) is 14.2 Å². The molecule has 0 saturated carbocycles. The Morgan fingerprint density at radius 1 is 0.397 bits per heavy atom. The number of carbonyl (C=O) groups excluding carboxylic acids is 3. The Kier molecular flexibility index (Phi) is 42.7. The summed E-state index contributed by atoms with van der Waals surface area (Å²) >= 11 is 0. The van der Waals surface area contributed by atoms with Gasteiger partial charge < -0.3 is 14.2 Å². The number of unbranched alkanes of at least 4 members (excludes halogenated alkanes) is 12. The van der Waals surface area contributed by atoms with Crippen LogP contribution in [-0.2, 0) is 28.6 Å². The Bertz CT molecular complexity index is 1240. The average Bonchev–Trinajstić information content (AvgIpc) is 3.22. The van der Waals surface area contributed by atoms with E-state index in [0.717, 1.165) is 109 Å². The van der Waals surface area contributed by atoms with Crippen molar-refractivity contribution in [2.45, 2.75) is 187 Å². The highest BCUT2D eigenvalue weighted by atomic mass is 16.6. The lowest BCUT2D eigenvalue weighted by Crippen LogP contribution is -2.30. The number of hydrogen-bond acceptors (Lipinski definition) is 6. The van der Waals surface area contributed by atoms with Crippen LogP contribution < -0.4 is 0 Å². The van der Waals surface area contributed by atoms with Crippen LogP contribution in [0.5, 0.6) is 0 Å². The zero-order valence-electron chi connectivity index (χ0n) is 37.0. The second kappa shape index (κ2) is 45.8. The van der Waals surface area contributed by atoms with Crippen LogP contribution in [0.1, 0.15) is 181 Å². The molecule has 0 heterocycles. The van der Waals surface area contributed by atoms with Gasteiger partial charge in [-0.3, -0.25) is 14.4 Å². The van der Waals surface area contributed by atoms with E-state index in [-0.39, 0.29) is 38.0 Å². The van der Waals surface area contributed by atoms with Crippen molar-refractivity contribution in [2.24, 2.45) is 0 Å². The Labute approximate surface area is 355 Å². The SMILES string of the molecule is CC/C=C\C/C=C\C/C=C\C/C=C\CCCCCC(=O)OCC(COC(=O)C/C=C\C/C=C\C/C=C\CC)OC(=O)CCCCCCCC/C=C\C=C/CCCCC. The molecule has 0 amide bonds. The normalized spacial score (nSPS) is 13.1. The molecule has 0 aromatic carbocycles. The number of esters is 3. The molecule has 0 N–H and O–H groups in total. The topological polar surface area (TPSA) is 78.9 Å². The van der Waals surface area contributed by atoms with Crippen LogP contribution in [0.25, 0.3) is 0 Å². The largest absolute Gasteiger partial charge is 0.462 e. The molecular weight excluding hydrogens is 721 g/mol. The number of hydrogen-bond donors (Lipinski definition) is 0. The van der Waals surface area contributed by atoms with Crippen molar-refractivity contribution >= 4 is 17.9 Å². The molecule has 0 aliphatic heterocycles. The smallest absolute Gasteiger partial charge is 0.309 e. The van der Waals surface area contributed by atoms with Gasteiger partial charge in [-0.15, -0.1) is 0 Å². The second-order valence-corrected chi connectivity index (χ2v) is 14.6. The van der Waals surface area contributed by atoms with Crippen molar-refractivity contribution in [3.05, 3.63) is 109 Å². The molecule has 326 valence electrons. The van der Waals surface area contributed by atoms with Crippen LogP contribution in [0.2, 0.25) is 0 Å². The van der Waals surface area contributed by atoms with E-state index in [0.29, 0.717) is 6.42 Å². The lowest BCUT2D eigenvalue weighted by atomic mass is 10.1. The summed E-state index contributed by atoms with van der Waals surface area (Å²) in [5.74, 6) is -1.11. The summed E-state index contributed by atoms with van der Waals surface area (Å²) in [4.78, 5) is 37.7. The summed E-state index contributed by atoms with van der Waals surface area (Å²) in [7, 11) is 0. The van der Waals surface area contributed by atoms with Crippen molar-refractivity contribution in [3.63, 3.8) is 0 Å². The molecule has 0 radical (unpaired) electrons. The van der Waals surface area contributed by atoms with E-state index in [2.05, 4.69) is 118 Å². The highest BCUT2D eigenvalue weighted by Gasteiger charge is 2.19. The van der Waals surface area contributed by atoms with Crippen molar-refractivity contribution in [3.8, 4) is 0 Å². The highest BCUT2D eigenvalue weighted by molar-refractivity contribution is 5.72. The zero-order valence-corrected chi connectivity index (χ0v) is 37.0. The molecule has 6 nitrogen and oxygen atoms in total. The molecule has 0 spiro atoms. The first-order valence-corrected chi connectivity index (χ1v) is 22.9. The molecule has 0 rings (SSSR count). The zero-order chi connectivity index (χ0) is 42.3. The molecule has 6 heteroatoms. The van der Waals surface area contributed by atoms with Gasteiger partial charge in [0.1, 0.15) is 13.2 Å². The molecule has 0 aromatic rings. The van der Waals surface area contributed by atoms with Gasteiger partial charge in [0, 0.05) is 12.8 Å². The predicted octanol–water partition coefficient (Wildman–Crippen LogP) is 14.8. The predicted molar refractivity (Wildman–Crippen MR) is 247 cm³/mol. The van der Waals surface area contributed by atoms with E-state index in [1.807, 2.05) is 6.08 Å². The summed E-state index contributed by atoms with van der Waals surface area (Å²) in [5, 5.41) is 0. The lowest BCUT2D eigenvalue weighted by Gasteiger charge is -2.18. The molecule has 0 bridgehead atoms. The standard InChI is InChI=1S/C52H82O6/c1-4-7-10-13-16-19-21-23-25-27-28-30-33-36-39-42-45-51(54)57-48-49(47-56-50(53)44-41-38-35-32-18-15-12-9-6-3)58-52(55)46-43-40-37-34-31-29-26-24-22-20-17-14-11-8-5-2/h7,9-10,12,16-20,22-25,28,30,32,38,41,49H,4-6,8,11,13-15,21,26-27,29,31,33-37,39-40,42-48H2,1-3H3/b10-7-,12-9-,19-16-,20-17-,24-22-,25-23-,30-28-,32-18-,41-38-. The number of rotatable bonds is 39. The fourth-order valence-corrected chi connectivity index (χ4v) is 5.66. The third-order valence-corrected chi connectivity index (χ3v) is 9.05. The maximum atomic E-state index is 12.7. The van der Waals surface area contributed by atoms with Crippen LogP contribution >= 0.6 is 0 Å². The molecule has 0 aromatic heterocycles. The van der Waals surface area contributed by atoms with Crippen LogP contribution in [0, 0.1) is 0 Å². The van der Waals surface area contributed by atoms with Crippen molar-refractivity contribution in [2.75, 3.05) is 13.2 Å². The maximum Gasteiger partial charge on any atom is 0.309 e. The van der Waals surface area contributed by atoms with Gasteiger partial charge in [-0.2, -0.15) is 0 Å². The lowest BCUT2D eigenvalue weighted by molar-refractivity contribution is -0.166. The quantitative estimate of drug-likeness (QED) is 0.0202. The summed E-state index contributed by atoms with van der Waals surface area (Å²) in [5.41, 5.74) is 0. The summed E-state index contributed by atoms with van der Waals surface area (Å²) in [6.07, 6.45) is 61.0. The molecule has 0 saturated heterocycles. The first kappa shape index (κ1) is 54.1. The molecule has 0 aliphatic rings.